The molecule has 7 heteroatoms. The summed E-state index contributed by atoms with van der Waals surface area (Å²) in [4.78, 5) is -0.134. The summed E-state index contributed by atoms with van der Waals surface area (Å²) in [5, 5.41) is 6.75. The standard InChI is InChI=1S/C25H21N3O3S/c26-18-8-4-16(5-9-18)22-2-1-3-23-24(28-25(22)23)17-6-10-19(11-7-17)27-20-12-14-21(15-13-20)32(29,30)31/h1,3-15,27-28H,2,26H2,(H,29,30,31). The molecule has 1 heterocycles. The molecular formula is C25H21N3O3S. The smallest absolute Gasteiger partial charge is 0.294 e. The highest BCUT2D eigenvalue weighted by molar-refractivity contribution is 7.85. The van der Waals surface area contributed by atoms with E-state index in [0.29, 0.717) is 0 Å². The second-order valence-electron chi connectivity index (χ2n) is 7.70. The predicted molar refractivity (Wildman–Crippen MR) is 128 cm³/mol. The van der Waals surface area contributed by atoms with Crippen LogP contribution in [0.3, 0.4) is 0 Å². The van der Waals surface area contributed by atoms with E-state index in [-0.39, 0.29) is 4.90 Å². The number of allylic oxidation sites excluding steroid dienone is 3. The van der Waals surface area contributed by atoms with Gasteiger partial charge < -0.3 is 16.4 Å². The van der Waals surface area contributed by atoms with E-state index < -0.39 is 10.1 Å². The van der Waals surface area contributed by atoms with Crippen molar-refractivity contribution in [3.63, 3.8) is 0 Å². The zero-order chi connectivity index (χ0) is 22.3. The van der Waals surface area contributed by atoms with Gasteiger partial charge in [-0.1, -0.05) is 36.4 Å². The lowest BCUT2D eigenvalue weighted by Gasteiger charge is -2.33. The predicted octanol–water partition coefficient (Wildman–Crippen LogP) is 4.94. The van der Waals surface area contributed by atoms with E-state index in [1.54, 1.807) is 12.1 Å². The van der Waals surface area contributed by atoms with Gasteiger partial charge in [-0.05, 0) is 71.7 Å². The third-order valence-electron chi connectivity index (χ3n) is 5.57. The molecule has 0 radical (unpaired) electrons. The molecule has 0 aromatic heterocycles. The molecule has 0 atom stereocenters. The molecule has 32 heavy (non-hydrogen) atoms. The quantitative estimate of drug-likeness (QED) is 0.329. The van der Waals surface area contributed by atoms with Gasteiger partial charge in [0.25, 0.3) is 10.1 Å². The summed E-state index contributed by atoms with van der Waals surface area (Å²) in [7, 11) is -4.19. The van der Waals surface area contributed by atoms with Crippen LogP contribution >= 0.6 is 0 Å². The fourth-order valence-corrected chi connectivity index (χ4v) is 4.37. The molecule has 0 unspecified atom stereocenters. The highest BCUT2D eigenvalue weighted by Gasteiger charge is 2.27. The molecule has 6 nitrogen and oxygen atoms in total. The van der Waals surface area contributed by atoms with Gasteiger partial charge in [0.15, 0.2) is 0 Å². The lowest BCUT2D eigenvalue weighted by atomic mass is 9.85. The summed E-state index contributed by atoms with van der Waals surface area (Å²) in [6.07, 6.45) is 5.21. The molecule has 0 spiro atoms. The van der Waals surface area contributed by atoms with Crippen LogP contribution in [0.4, 0.5) is 17.1 Å². The Labute approximate surface area is 186 Å². The van der Waals surface area contributed by atoms with E-state index in [1.165, 1.54) is 28.8 Å². The molecule has 0 saturated heterocycles. The van der Waals surface area contributed by atoms with Crippen LogP contribution in [0.1, 0.15) is 17.5 Å². The van der Waals surface area contributed by atoms with Gasteiger partial charge in [0.2, 0.25) is 0 Å². The van der Waals surface area contributed by atoms with Crippen molar-refractivity contribution < 1.29 is 13.0 Å². The van der Waals surface area contributed by atoms with Crippen molar-refractivity contribution >= 4 is 38.5 Å². The van der Waals surface area contributed by atoms with Gasteiger partial charge in [0, 0.05) is 22.6 Å². The van der Waals surface area contributed by atoms with Crippen LogP contribution in [0.15, 0.2) is 101 Å². The summed E-state index contributed by atoms with van der Waals surface area (Å²) in [5.74, 6) is 0. The molecule has 1 aliphatic heterocycles. The van der Waals surface area contributed by atoms with Crippen molar-refractivity contribution in [2.24, 2.45) is 0 Å². The number of nitrogens with one attached hydrogen (secondary N) is 2. The Hall–Kier alpha value is -3.81. The Morgan fingerprint density at radius 2 is 1.41 bits per heavy atom. The summed E-state index contributed by atoms with van der Waals surface area (Å²) in [5.41, 5.74) is 15.1. The van der Waals surface area contributed by atoms with Gasteiger partial charge in [0.05, 0.1) is 16.3 Å². The molecule has 0 fully saturated rings. The Morgan fingerprint density at radius 1 is 0.812 bits per heavy atom. The van der Waals surface area contributed by atoms with Gasteiger partial charge in [-0.3, -0.25) is 4.55 Å². The van der Waals surface area contributed by atoms with Crippen molar-refractivity contribution in [3.8, 4) is 0 Å². The zero-order valence-electron chi connectivity index (χ0n) is 17.0. The SMILES string of the molecule is Nc1ccc(C2=C3NC(c4ccc(Nc5ccc(S(=O)(=O)O)cc5)cc4)=C3C=CC2)cc1. The summed E-state index contributed by atoms with van der Waals surface area (Å²) in [6.45, 7) is 0. The lowest BCUT2D eigenvalue weighted by molar-refractivity contribution is 0.483. The van der Waals surface area contributed by atoms with Crippen LogP contribution in [0.2, 0.25) is 0 Å². The van der Waals surface area contributed by atoms with Crippen LogP contribution in [0, 0.1) is 0 Å². The molecule has 3 aromatic carbocycles. The Balaban J connectivity index is 1.36. The number of anilines is 3. The molecule has 5 N–H and O–H groups in total. The first-order valence-electron chi connectivity index (χ1n) is 10.1. The molecule has 160 valence electrons. The largest absolute Gasteiger partial charge is 0.399 e. The third kappa shape index (κ3) is 3.79. The average molecular weight is 444 g/mol. The minimum absolute atomic E-state index is 0.134. The van der Waals surface area contributed by atoms with Gasteiger partial charge in [-0.2, -0.15) is 8.42 Å². The van der Waals surface area contributed by atoms with E-state index in [2.05, 4.69) is 34.9 Å². The van der Waals surface area contributed by atoms with Gasteiger partial charge in [0.1, 0.15) is 0 Å². The Kier molecular flexibility index (Phi) is 4.84. The van der Waals surface area contributed by atoms with Crippen LogP contribution in [0.5, 0.6) is 0 Å². The van der Waals surface area contributed by atoms with Gasteiger partial charge in [-0.15, -0.1) is 0 Å². The van der Waals surface area contributed by atoms with Crippen molar-refractivity contribution in [1.29, 1.82) is 0 Å². The number of fused-ring (bicyclic) bond motifs is 1. The molecule has 5 rings (SSSR count). The summed E-state index contributed by atoms with van der Waals surface area (Å²) < 4.78 is 31.4. The minimum atomic E-state index is -4.19. The van der Waals surface area contributed by atoms with Crippen molar-refractivity contribution in [2.75, 3.05) is 11.1 Å². The van der Waals surface area contributed by atoms with Crippen LogP contribution in [-0.2, 0) is 10.1 Å². The lowest BCUT2D eigenvalue weighted by Crippen LogP contribution is -2.28. The second kappa shape index (κ2) is 7.71. The first kappa shape index (κ1) is 20.1. The highest BCUT2D eigenvalue weighted by atomic mass is 32.2. The van der Waals surface area contributed by atoms with Crippen molar-refractivity contribution in [3.05, 3.63) is 107 Å². The number of hydrogen-bond donors (Lipinski definition) is 4. The maximum Gasteiger partial charge on any atom is 0.294 e. The molecule has 0 amide bonds. The van der Waals surface area contributed by atoms with E-state index in [4.69, 9.17) is 10.3 Å². The van der Waals surface area contributed by atoms with E-state index >= 15 is 0 Å². The number of benzene rings is 3. The molecule has 3 aromatic rings. The monoisotopic (exact) mass is 443 g/mol. The maximum atomic E-state index is 11.2. The topological polar surface area (TPSA) is 104 Å². The van der Waals surface area contributed by atoms with Crippen LogP contribution < -0.4 is 16.4 Å². The normalized spacial score (nSPS) is 15.2. The van der Waals surface area contributed by atoms with Crippen LogP contribution in [-0.4, -0.2) is 13.0 Å². The number of rotatable bonds is 5. The van der Waals surface area contributed by atoms with Gasteiger partial charge in [-0.25, -0.2) is 0 Å². The maximum absolute atomic E-state index is 11.2. The van der Waals surface area contributed by atoms with Crippen molar-refractivity contribution in [1.82, 2.24) is 5.32 Å². The Bertz CT molecular complexity index is 1380. The first-order chi connectivity index (χ1) is 15.4. The first-order valence-corrected chi connectivity index (χ1v) is 11.5. The number of hydrogen-bond acceptors (Lipinski definition) is 5. The van der Waals surface area contributed by atoms with Crippen LogP contribution in [0.25, 0.3) is 11.3 Å². The highest BCUT2D eigenvalue weighted by Crippen LogP contribution is 2.41. The average Bonchev–Trinajstić information content (AvgIpc) is 2.76. The molecule has 0 saturated carbocycles. The van der Waals surface area contributed by atoms with Crippen molar-refractivity contribution in [2.45, 2.75) is 11.3 Å². The second-order valence-corrected chi connectivity index (χ2v) is 9.12. The number of nitrogens with two attached hydrogens (primary N) is 1. The fraction of sp³-hybridized carbons (Fsp3) is 0.0400. The van der Waals surface area contributed by atoms with E-state index in [9.17, 15) is 8.42 Å². The third-order valence-corrected chi connectivity index (χ3v) is 6.44. The van der Waals surface area contributed by atoms with E-state index in [1.807, 2.05) is 36.4 Å². The fourth-order valence-electron chi connectivity index (χ4n) is 3.89. The summed E-state index contributed by atoms with van der Waals surface area (Å²) in [6, 6.07) is 21.9. The Morgan fingerprint density at radius 3 is 2.03 bits per heavy atom. The number of nitrogen functional groups attached to an aromatic ring is 1. The molecule has 1 aliphatic carbocycles. The zero-order valence-corrected chi connectivity index (χ0v) is 17.9. The molecule has 0 bridgehead atoms. The molecule has 2 aliphatic rings. The van der Waals surface area contributed by atoms with Gasteiger partial charge >= 0.3 is 0 Å². The summed E-state index contributed by atoms with van der Waals surface area (Å²) >= 11 is 0. The minimum Gasteiger partial charge on any atom is -0.399 e. The molecular weight excluding hydrogens is 422 g/mol. The van der Waals surface area contributed by atoms with E-state index in [0.717, 1.165) is 40.4 Å².